The van der Waals surface area contributed by atoms with Crippen LogP contribution in [0.4, 0.5) is 0 Å². The summed E-state index contributed by atoms with van der Waals surface area (Å²) in [6.45, 7) is 6.60. The molecule has 0 aliphatic rings. The summed E-state index contributed by atoms with van der Waals surface area (Å²) in [5, 5.41) is 0. The number of esters is 3. The maximum Gasteiger partial charge on any atom is 0.306 e. The Labute approximate surface area is 453 Å². The van der Waals surface area contributed by atoms with Crippen molar-refractivity contribution in [2.75, 3.05) is 13.2 Å². The zero-order valence-corrected chi connectivity index (χ0v) is 48.4. The molecular weight excluding hydrogens is 901 g/mol. The van der Waals surface area contributed by atoms with Gasteiger partial charge in [0.05, 0.1) is 0 Å². The lowest BCUT2D eigenvalue weighted by atomic mass is 10.1. The molecule has 0 fully saturated rings. The number of unbranched alkanes of at least 4 members (excludes halogenated alkanes) is 34. The van der Waals surface area contributed by atoms with Gasteiger partial charge in [-0.1, -0.05) is 254 Å². The zero-order chi connectivity index (χ0) is 52.9. The molecule has 1 unspecified atom stereocenters. The molecule has 422 valence electrons. The SMILES string of the molecule is CCCCC/C=C\C/C=C\CCCCCCCCCCCC(=O)OCC(COC(=O)CCCCCCCCC/C=C\C/C=C\CCCCCC)OC(=O)CCCCCCCCC/C=C\C/C=C\CCCCCC. The molecule has 0 N–H and O–H groups in total. The van der Waals surface area contributed by atoms with Crippen molar-refractivity contribution in [1.29, 1.82) is 0 Å². The highest BCUT2D eigenvalue weighted by atomic mass is 16.6. The molecule has 0 aromatic rings. The Morgan fingerprint density at radius 2 is 0.493 bits per heavy atom. The quantitative estimate of drug-likeness (QED) is 0.0261. The van der Waals surface area contributed by atoms with Crippen LogP contribution >= 0.6 is 0 Å². The van der Waals surface area contributed by atoms with Crippen LogP contribution in [0.15, 0.2) is 72.9 Å². The van der Waals surface area contributed by atoms with E-state index < -0.39 is 6.10 Å². The molecule has 73 heavy (non-hydrogen) atoms. The van der Waals surface area contributed by atoms with Gasteiger partial charge in [-0.15, -0.1) is 0 Å². The number of rotatable bonds is 57. The van der Waals surface area contributed by atoms with Crippen molar-refractivity contribution in [2.45, 2.75) is 322 Å². The van der Waals surface area contributed by atoms with Crippen LogP contribution in [0, 0.1) is 0 Å². The molecule has 6 heteroatoms. The molecule has 0 aromatic carbocycles. The molecule has 0 amide bonds. The van der Waals surface area contributed by atoms with Crippen LogP contribution in [0.2, 0.25) is 0 Å². The first kappa shape index (κ1) is 69.8. The molecule has 0 rings (SSSR count). The molecule has 0 aliphatic heterocycles. The number of carbonyl (C=O) groups excluding carboxylic acids is 3. The zero-order valence-electron chi connectivity index (χ0n) is 48.4. The number of hydrogen-bond acceptors (Lipinski definition) is 6. The van der Waals surface area contributed by atoms with E-state index in [1.807, 2.05) is 0 Å². The maximum atomic E-state index is 12.9. The fourth-order valence-electron chi connectivity index (χ4n) is 8.89. The highest BCUT2D eigenvalue weighted by molar-refractivity contribution is 5.71. The lowest BCUT2D eigenvalue weighted by molar-refractivity contribution is -0.167. The van der Waals surface area contributed by atoms with Gasteiger partial charge in [-0.3, -0.25) is 14.4 Å². The molecule has 6 nitrogen and oxygen atoms in total. The molecule has 0 spiro atoms. The van der Waals surface area contributed by atoms with Gasteiger partial charge >= 0.3 is 17.9 Å². The Kier molecular flexibility index (Phi) is 58.7. The van der Waals surface area contributed by atoms with Crippen molar-refractivity contribution >= 4 is 17.9 Å². The van der Waals surface area contributed by atoms with Crippen molar-refractivity contribution < 1.29 is 28.6 Å². The molecule has 0 aromatic heterocycles. The van der Waals surface area contributed by atoms with Crippen molar-refractivity contribution in [1.82, 2.24) is 0 Å². The van der Waals surface area contributed by atoms with E-state index in [2.05, 4.69) is 93.7 Å². The Bertz CT molecular complexity index is 1360. The maximum absolute atomic E-state index is 12.9. The van der Waals surface area contributed by atoms with Gasteiger partial charge in [-0.2, -0.15) is 0 Å². The standard InChI is InChI=1S/C67H118O6/c1-4-7-10-13-16-19-22-25-28-31-34-37-39-42-45-48-51-54-57-60-66(69)72-63-64(73-67(70)61-58-55-52-49-46-43-40-36-33-30-27-24-21-18-15-12-9-6-3)62-71-65(68)59-56-53-50-47-44-41-38-35-32-29-26-23-20-17-14-11-8-5-2/h16,19-21,23-25,28-30,32-33,64H,4-15,17-18,22,26-27,31,34-63H2,1-3H3/b19-16-,23-20-,24-21-,28-25-,32-29-,33-30-. The molecule has 0 bridgehead atoms. The van der Waals surface area contributed by atoms with E-state index in [1.54, 1.807) is 0 Å². The predicted octanol–water partition coefficient (Wildman–Crippen LogP) is 21.3. The average Bonchev–Trinajstić information content (AvgIpc) is 3.39. The van der Waals surface area contributed by atoms with E-state index in [9.17, 15) is 14.4 Å². The van der Waals surface area contributed by atoms with E-state index in [1.165, 1.54) is 186 Å². The first-order chi connectivity index (χ1) is 36.0. The summed E-state index contributed by atoms with van der Waals surface area (Å²) in [5.41, 5.74) is 0. The average molecular weight is 1020 g/mol. The highest BCUT2D eigenvalue weighted by Crippen LogP contribution is 2.16. The summed E-state index contributed by atoms with van der Waals surface area (Å²) in [4.78, 5) is 38.3. The normalized spacial score (nSPS) is 12.5. The third-order valence-electron chi connectivity index (χ3n) is 13.7. The smallest absolute Gasteiger partial charge is 0.306 e. The lowest BCUT2D eigenvalue weighted by Gasteiger charge is -2.18. The lowest BCUT2D eigenvalue weighted by Crippen LogP contribution is -2.30. The van der Waals surface area contributed by atoms with Gasteiger partial charge in [-0.25, -0.2) is 0 Å². The summed E-state index contributed by atoms with van der Waals surface area (Å²) in [6, 6.07) is 0. The fourth-order valence-corrected chi connectivity index (χ4v) is 8.89. The third-order valence-corrected chi connectivity index (χ3v) is 13.7. The van der Waals surface area contributed by atoms with Crippen LogP contribution in [0.3, 0.4) is 0 Å². The monoisotopic (exact) mass is 1020 g/mol. The van der Waals surface area contributed by atoms with Crippen LogP contribution < -0.4 is 0 Å². The van der Waals surface area contributed by atoms with Crippen LogP contribution in [-0.2, 0) is 28.6 Å². The second kappa shape index (κ2) is 61.4. The molecular formula is C67H118O6. The van der Waals surface area contributed by atoms with Gasteiger partial charge < -0.3 is 14.2 Å². The summed E-state index contributed by atoms with van der Waals surface area (Å²) in [6.07, 6.45) is 78.9. The van der Waals surface area contributed by atoms with Crippen molar-refractivity contribution in [3.63, 3.8) is 0 Å². The minimum Gasteiger partial charge on any atom is -0.462 e. The van der Waals surface area contributed by atoms with Gasteiger partial charge in [0.1, 0.15) is 13.2 Å². The van der Waals surface area contributed by atoms with Crippen molar-refractivity contribution in [2.24, 2.45) is 0 Å². The second-order valence-corrected chi connectivity index (χ2v) is 21.0. The minimum absolute atomic E-state index is 0.0825. The number of hydrogen-bond donors (Lipinski definition) is 0. The summed E-state index contributed by atoms with van der Waals surface area (Å²) < 4.78 is 16.9. The van der Waals surface area contributed by atoms with E-state index in [-0.39, 0.29) is 31.1 Å². The van der Waals surface area contributed by atoms with Gasteiger partial charge in [0.25, 0.3) is 0 Å². The van der Waals surface area contributed by atoms with E-state index in [4.69, 9.17) is 14.2 Å². The summed E-state index contributed by atoms with van der Waals surface area (Å²) >= 11 is 0. The highest BCUT2D eigenvalue weighted by Gasteiger charge is 2.19. The van der Waals surface area contributed by atoms with E-state index in [0.29, 0.717) is 19.3 Å². The fraction of sp³-hybridized carbons (Fsp3) is 0.776. The number of carbonyl (C=O) groups is 3. The molecule has 0 radical (unpaired) electrons. The van der Waals surface area contributed by atoms with Gasteiger partial charge in [0.15, 0.2) is 6.10 Å². The van der Waals surface area contributed by atoms with Crippen LogP contribution in [0.25, 0.3) is 0 Å². The van der Waals surface area contributed by atoms with Crippen LogP contribution in [-0.4, -0.2) is 37.2 Å². The first-order valence-electron chi connectivity index (χ1n) is 31.4. The Balaban J connectivity index is 4.40. The van der Waals surface area contributed by atoms with E-state index >= 15 is 0 Å². The molecule has 0 aliphatic carbocycles. The largest absolute Gasteiger partial charge is 0.462 e. The molecule has 0 saturated carbocycles. The summed E-state index contributed by atoms with van der Waals surface area (Å²) in [7, 11) is 0. The number of ether oxygens (including phenoxy) is 3. The van der Waals surface area contributed by atoms with Gasteiger partial charge in [-0.05, 0) is 116 Å². The van der Waals surface area contributed by atoms with Crippen molar-refractivity contribution in [3.8, 4) is 0 Å². The van der Waals surface area contributed by atoms with Gasteiger partial charge in [0.2, 0.25) is 0 Å². The third kappa shape index (κ3) is 59.6. The Hall–Kier alpha value is -3.15. The Morgan fingerprint density at radius 1 is 0.274 bits per heavy atom. The number of allylic oxidation sites excluding steroid dienone is 12. The van der Waals surface area contributed by atoms with Gasteiger partial charge in [0, 0.05) is 19.3 Å². The minimum atomic E-state index is -0.786. The van der Waals surface area contributed by atoms with Crippen LogP contribution in [0.5, 0.6) is 0 Å². The Morgan fingerprint density at radius 3 is 0.781 bits per heavy atom. The predicted molar refractivity (Wildman–Crippen MR) is 316 cm³/mol. The molecule has 0 saturated heterocycles. The van der Waals surface area contributed by atoms with E-state index in [0.717, 1.165) is 89.9 Å². The van der Waals surface area contributed by atoms with Crippen molar-refractivity contribution in [3.05, 3.63) is 72.9 Å². The second-order valence-electron chi connectivity index (χ2n) is 21.0. The molecule has 1 atom stereocenters. The summed E-state index contributed by atoms with van der Waals surface area (Å²) in [5.74, 6) is -0.889. The van der Waals surface area contributed by atoms with Crippen LogP contribution in [0.1, 0.15) is 316 Å². The first-order valence-corrected chi connectivity index (χ1v) is 31.4. The molecule has 0 heterocycles. The topological polar surface area (TPSA) is 78.9 Å².